The first kappa shape index (κ1) is 21.8. The van der Waals surface area contributed by atoms with Crippen LogP contribution in [-0.4, -0.2) is 32.8 Å². The number of aryl methyl sites for hydroxylation is 1. The summed E-state index contributed by atoms with van der Waals surface area (Å²) in [5.74, 6) is 0.731. The van der Waals surface area contributed by atoms with Crippen molar-refractivity contribution in [3.8, 4) is 5.75 Å². The monoisotopic (exact) mass is 429 g/mol. The van der Waals surface area contributed by atoms with Gasteiger partial charge in [0.25, 0.3) is 5.69 Å². The molecule has 2 unspecified atom stereocenters. The van der Waals surface area contributed by atoms with Gasteiger partial charge in [0.15, 0.2) is 0 Å². The Morgan fingerprint density at radius 1 is 1.20 bits per heavy atom. The van der Waals surface area contributed by atoms with Crippen LogP contribution >= 0.6 is 11.3 Å². The van der Waals surface area contributed by atoms with Crippen molar-refractivity contribution < 1.29 is 19.9 Å². The smallest absolute Gasteiger partial charge is 0.269 e. The Bertz CT molecular complexity index is 960. The Kier molecular flexibility index (Phi) is 7.47. The highest BCUT2D eigenvalue weighted by Crippen LogP contribution is 2.21. The molecule has 9 heteroatoms. The van der Waals surface area contributed by atoms with Crippen molar-refractivity contribution >= 4 is 17.0 Å². The maximum Gasteiger partial charge on any atom is 0.269 e. The molecule has 3 rings (SSSR count). The van der Waals surface area contributed by atoms with E-state index in [1.165, 1.54) is 24.3 Å². The summed E-state index contributed by atoms with van der Waals surface area (Å²) in [5, 5.41) is 37.0. The Labute approximate surface area is 178 Å². The molecular formula is C21H23N3O5S. The third-order valence-electron chi connectivity index (χ3n) is 4.57. The topological polar surface area (TPSA) is 118 Å². The van der Waals surface area contributed by atoms with Crippen LogP contribution in [-0.2, 0) is 13.2 Å². The highest BCUT2D eigenvalue weighted by Gasteiger charge is 2.20. The third kappa shape index (κ3) is 5.83. The lowest BCUT2D eigenvalue weighted by atomic mass is 10.0. The minimum absolute atomic E-state index is 0.0494. The minimum Gasteiger partial charge on any atom is -0.487 e. The molecule has 8 nitrogen and oxygen atoms in total. The van der Waals surface area contributed by atoms with Gasteiger partial charge in [-0.25, -0.2) is 4.98 Å². The van der Waals surface area contributed by atoms with E-state index in [0.29, 0.717) is 18.7 Å². The molecule has 0 fully saturated rings. The number of ether oxygens (including phenoxy) is 1. The maximum absolute atomic E-state index is 10.7. The van der Waals surface area contributed by atoms with Crippen LogP contribution in [0.1, 0.15) is 27.9 Å². The average molecular weight is 429 g/mol. The molecule has 0 aliphatic rings. The summed E-state index contributed by atoms with van der Waals surface area (Å²) in [4.78, 5) is 14.6. The zero-order chi connectivity index (χ0) is 21.5. The Morgan fingerprint density at radius 3 is 2.47 bits per heavy atom. The first-order valence-corrected chi connectivity index (χ1v) is 10.2. The molecule has 0 spiro atoms. The molecule has 0 aliphatic carbocycles. The predicted octanol–water partition coefficient (Wildman–Crippen LogP) is 3.12. The number of nitrogens with zero attached hydrogens (tertiary/aromatic N) is 2. The molecule has 3 N–H and O–H groups in total. The van der Waals surface area contributed by atoms with E-state index in [-0.39, 0.29) is 12.3 Å². The lowest BCUT2D eigenvalue weighted by Crippen LogP contribution is -2.37. The van der Waals surface area contributed by atoms with E-state index in [9.17, 15) is 20.3 Å². The maximum atomic E-state index is 10.7. The van der Waals surface area contributed by atoms with Crippen molar-refractivity contribution in [3.05, 3.63) is 85.9 Å². The van der Waals surface area contributed by atoms with Gasteiger partial charge >= 0.3 is 0 Å². The summed E-state index contributed by atoms with van der Waals surface area (Å²) in [5.41, 5.74) is 2.30. The van der Waals surface area contributed by atoms with E-state index in [2.05, 4.69) is 10.3 Å². The fourth-order valence-corrected chi connectivity index (χ4v) is 3.48. The number of hydrogen-bond donors (Lipinski definition) is 3. The van der Waals surface area contributed by atoms with Crippen molar-refractivity contribution in [1.29, 1.82) is 0 Å². The number of aromatic nitrogens is 1. The second-order valence-corrected chi connectivity index (χ2v) is 7.82. The number of nitro groups is 1. The molecular weight excluding hydrogens is 406 g/mol. The number of aliphatic hydroxyl groups excluding tert-OH is 2. The fourth-order valence-electron chi connectivity index (χ4n) is 2.89. The second kappa shape index (κ2) is 10.3. The van der Waals surface area contributed by atoms with Crippen molar-refractivity contribution in [2.75, 3.05) is 6.61 Å². The fraction of sp³-hybridized carbons (Fsp3) is 0.286. The van der Waals surface area contributed by atoms with Crippen LogP contribution in [0.25, 0.3) is 0 Å². The molecule has 2 aromatic carbocycles. The average Bonchev–Trinajstić information content (AvgIpc) is 3.18. The highest BCUT2D eigenvalue weighted by atomic mass is 32.1. The Hall–Kier alpha value is -2.85. The molecule has 0 bridgehead atoms. The molecule has 0 amide bonds. The molecule has 0 aliphatic heterocycles. The van der Waals surface area contributed by atoms with Gasteiger partial charge in [-0.1, -0.05) is 12.1 Å². The SMILES string of the molecule is Cc1nc(COc2ccc(CNC(CO)C(O)c3ccc([N+](=O)[O-])cc3)cc2)cs1. The van der Waals surface area contributed by atoms with Crippen LogP contribution in [0.15, 0.2) is 53.9 Å². The number of aliphatic hydroxyl groups is 2. The molecule has 0 radical (unpaired) electrons. The number of nitro benzene ring substituents is 1. The molecule has 30 heavy (non-hydrogen) atoms. The summed E-state index contributed by atoms with van der Waals surface area (Å²) in [6, 6.07) is 12.6. The van der Waals surface area contributed by atoms with Gasteiger partial charge in [-0.3, -0.25) is 10.1 Å². The summed E-state index contributed by atoms with van der Waals surface area (Å²) in [6.07, 6.45) is -1.00. The lowest BCUT2D eigenvalue weighted by molar-refractivity contribution is -0.384. The zero-order valence-corrected chi connectivity index (χ0v) is 17.2. The van der Waals surface area contributed by atoms with E-state index in [1.54, 1.807) is 11.3 Å². The molecule has 3 aromatic rings. The van der Waals surface area contributed by atoms with Gasteiger partial charge in [-0.05, 0) is 42.3 Å². The summed E-state index contributed by atoms with van der Waals surface area (Å²) in [6.45, 7) is 2.51. The van der Waals surface area contributed by atoms with Crippen LogP contribution in [0.4, 0.5) is 5.69 Å². The van der Waals surface area contributed by atoms with E-state index in [1.807, 2.05) is 36.6 Å². The van der Waals surface area contributed by atoms with Gasteiger partial charge < -0.3 is 20.3 Å². The first-order chi connectivity index (χ1) is 14.5. The summed E-state index contributed by atoms with van der Waals surface area (Å²) >= 11 is 1.59. The Morgan fingerprint density at radius 2 is 1.90 bits per heavy atom. The quantitative estimate of drug-likeness (QED) is 0.335. The van der Waals surface area contributed by atoms with E-state index < -0.39 is 17.1 Å². The van der Waals surface area contributed by atoms with E-state index >= 15 is 0 Å². The second-order valence-electron chi connectivity index (χ2n) is 6.75. The van der Waals surface area contributed by atoms with Gasteiger partial charge in [0, 0.05) is 24.1 Å². The van der Waals surface area contributed by atoms with Gasteiger partial charge in [0.1, 0.15) is 12.4 Å². The number of nitrogens with one attached hydrogen (secondary N) is 1. The van der Waals surface area contributed by atoms with Crippen LogP contribution < -0.4 is 10.1 Å². The van der Waals surface area contributed by atoms with E-state index in [4.69, 9.17) is 4.74 Å². The molecule has 158 valence electrons. The Balaban J connectivity index is 1.53. The zero-order valence-electron chi connectivity index (χ0n) is 16.4. The van der Waals surface area contributed by atoms with Crippen LogP contribution in [0.5, 0.6) is 5.75 Å². The first-order valence-electron chi connectivity index (χ1n) is 9.35. The number of non-ortho nitro benzene ring substituents is 1. The van der Waals surface area contributed by atoms with Gasteiger partial charge in [-0.2, -0.15) is 0 Å². The van der Waals surface area contributed by atoms with Crippen LogP contribution in [0.2, 0.25) is 0 Å². The van der Waals surface area contributed by atoms with Crippen molar-refractivity contribution in [3.63, 3.8) is 0 Å². The van der Waals surface area contributed by atoms with Crippen molar-refractivity contribution in [2.24, 2.45) is 0 Å². The number of benzene rings is 2. The normalized spacial score (nSPS) is 13.0. The molecule has 2 atom stereocenters. The molecule has 0 saturated heterocycles. The van der Waals surface area contributed by atoms with Crippen molar-refractivity contribution in [1.82, 2.24) is 10.3 Å². The van der Waals surface area contributed by atoms with Gasteiger partial charge in [-0.15, -0.1) is 11.3 Å². The number of hydrogen-bond acceptors (Lipinski definition) is 8. The largest absolute Gasteiger partial charge is 0.487 e. The van der Waals surface area contributed by atoms with Gasteiger partial charge in [0.2, 0.25) is 0 Å². The van der Waals surface area contributed by atoms with Crippen LogP contribution in [0.3, 0.4) is 0 Å². The molecule has 1 heterocycles. The molecule has 1 aromatic heterocycles. The summed E-state index contributed by atoms with van der Waals surface area (Å²) in [7, 11) is 0. The van der Waals surface area contributed by atoms with Crippen LogP contribution in [0, 0.1) is 17.0 Å². The standard InChI is InChI=1S/C21H23N3O5S/c1-14-23-17(13-30-14)12-29-19-8-2-15(3-9-19)10-22-20(11-25)21(26)16-4-6-18(7-5-16)24(27)28/h2-9,13,20-22,25-26H,10-12H2,1H3. The minimum atomic E-state index is -1.00. The van der Waals surface area contributed by atoms with Gasteiger partial charge in [0.05, 0.1) is 34.4 Å². The van der Waals surface area contributed by atoms with Crippen molar-refractivity contribution in [2.45, 2.75) is 32.2 Å². The van der Waals surface area contributed by atoms with E-state index in [0.717, 1.165) is 22.0 Å². The molecule has 0 saturated carbocycles. The number of thiazole rings is 1. The predicted molar refractivity (Wildman–Crippen MR) is 113 cm³/mol. The highest BCUT2D eigenvalue weighted by molar-refractivity contribution is 7.09. The lowest BCUT2D eigenvalue weighted by Gasteiger charge is -2.22. The summed E-state index contributed by atoms with van der Waals surface area (Å²) < 4.78 is 5.73. The third-order valence-corrected chi connectivity index (χ3v) is 5.39. The number of rotatable bonds is 10.